The van der Waals surface area contributed by atoms with Crippen molar-refractivity contribution < 1.29 is 37.9 Å². The van der Waals surface area contributed by atoms with E-state index in [2.05, 4.69) is 27.3 Å². The van der Waals surface area contributed by atoms with Gasteiger partial charge in [-0.15, -0.1) is 0 Å². The van der Waals surface area contributed by atoms with Gasteiger partial charge in [-0.2, -0.15) is 0 Å². The number of hydrogen-bond acceptors (Lipinski definition) is 9. The van der Waals surface area contributed by atoms with Crippen molar-refractivity contribution in [3.63, 3.8) is 0 Å². The van der Waals surface area contributed by atoms with Crippen molar-refractivity contribution in [2.75, 3.05) is 13.1 Å². The lowest BCUT2D eigenvalue weighted by molar-refractivity contribution is -0.141. The predicted octanol–water partition coefficient (Wildman–Crippen LogP) is 4.44. The largest absolute Gasteiger partial charge is 0.390 e. The zero-order valence-corrected chi connectivity index (χ0v) is 32.9. The van der Waals surface area contributed by atoms with Gasteiger partial charge in [0.1, 0.15) is 11.7 Å². The molecule has 4 amide bonds. The van der Waals surface area contributed by atoms with E-state index >= 15 is 0 Å². The van der Waals surface area contributed by atoms with Crippen molar-refractivity contribution in [3.05, 3.63) is 107 Å². The van der Waals surface area contributed by atoms with Gasteiger partial charge in [0.25, 0.3) is 15.9 Å². The fourth-order valence-electron chi connectivity index (χ4n) is 6.11. The zero-order chi connectivity index (χ0) is 40.5. The number of unbranched alkanes of at least 4 members (excludes halogenated alkanes) is 4. The summed E-state index contributed by atoms with van der Waals surface area (Å²) in [6.45, 7) is 2.25. The molecule has 4 rings (SSSR count). The van der Waals surface area contributed by atoms with Crippen molar-refractivity contribution in [1.82, 2.24) is 30.4 Å². The first-order valence-corrected chi connectivity index (χ1v) is 20.4. The molecule has 0 bridgehead atoms. The van der Waals surface area contributed by atoms with Crippen LogP contribution in [0.2, 0.25) is 5.15 Å². The van der Waals surface area contributed by atoms with Crippen LogP contribution in [-0.2, 0) is 55.2 Å². The van der Waals surface area contributed by atoms with Crippen molar-refractivity contribution in [2.24, 2.45) is 5.92 Å². The summed E-state index contributed by atoms with van der Waals surface area (Å²) < 4.78 is 30.8. The molecule has 0 aliphatic carbocycles. The summed E-state index contributed by atoms with van der Waals surface area (Å²) in [5, 5.41) is 24.3. The van der Waals surface area contributed by atoms with E-state index in [-0.39, 0.29) is 36.0 Å². The lowest BCUT2D eigenvalue weighted by Crippen LogP contribution is -2.45. The second-order valence-electron chi connectivity index (χ2n) is 13.3. The third kappa shape index (κ3) is 12.7. The fourth-order valence-corrected chi connectivity index (χ4v) is 7.62. The summed E-state index contributed by atoms with van der Waals surface area (Å²) in [5.41, 5.74) is 4.75. The monoisotopic (exact) mass is 808 g/mol. The highest BCUT2D eigenvalue weighted by Crippen LogP contribution is 2.28. The number of carbonyl (C=O) groups excluding carboxylic acids is 4. The summed E-state index contributed by atoms with van der Waals surface area (Å²) in [7, 11) is -4.18. The highest BCUT2D eigenvalue weighted by atomic mass is 35.5. The van der Waals surface area contributed by atoms with Crippen LogP contribution in [0, 0.1) is 5.92 Å². The van der Waals surface area contributed by atoms with Crippen LogP contribution in [0.5, 0.6) is 0 Å². The Balaban J connectivity index is 1.20. The topological polar surface area (TPSA) is 209 Å². The van der Waals surface area contributed by atoms with Gasteiger partial charge in [-0.1, -0.05) is 111 Å². The first-order valence-electron chi connectivity index (χ1n) is 18.6. The number of nitrogens with zero attached hydrogens (tertiary/aromatic N) is 2. The van der Waals surface area contributed by atoms with Gasteiger partial charge in [0.2, 0.25) is 17.7 Å². The van der Waals surface area contributed by atoms with Crippen LogP contribution in [0.3, 0.4) is 0 Å². The molecule has 1 atom stereocenters. The number of imidazole rings is 1. The first kappa shape index (κ1) is 43.6. The van der Waals surface area contributed by atoms with E-state index in [4.69, 9.17) is 16.8 Å². The number of carbonyl (C=O) groups is 4. The minimum Gasteiger partial charge on any atom is -0.390 e. The van der Waals surface area contributed by atoms with Crippen LogP contribution in [0.25, 0.3) is 11.1 Å². The van der Waals surface area contributed by atoms with E-state index < -0.39 is 39.6 Å². The summed E-state index contributed by atoms with van der Waals surface area (Å²) in [6.07, 6.45) is 4.99. The Morgan fingerprint density at radius 3 is 2.21 bits per heavy atom. The molecule has 0 aliphatic rings. The fraction of sp³-hybridized carbons (Fsp3) is 0.375. The molecule has 1 unspecified atom stereocenters. The van der Waals surface area contributed by atoms with Crippen LogP contribution in [0.1, 0.15) is 74.5 Å². The van der Waals surface area contributed by atoms with Crippen molar-refractivity contribution in [2.45, 2.75) is 82.8 Å². The number of aromatic nitrogens is 2. The third-order valence-corrected chi connectivity index (χ3v) is 10.9. The number of hydroxylamine groups is 1. The van der Waals surface area contributed by atoms with E-state index in [1.54, 1.807) is 48.5 Å². The zero-order valence-electron chi connectivity index (χ0n) is 31.3. The molecule has 6 N–H and O–H groups in total. The van der Waals surface area contributed by atoms with Gasteiger partial charge in [-0.3, -0.25) is 24.4 Å². The summed E-state index contributed by atoms with van der Waals surface area (Å²) in [6, 6.07) is 22.7. The van der Waals surface area contributed by atoms with E-state index in [1.807, 2.05) is 28.8 Å². The number of benzene rings is 3. The van der Waals surface area contributed by atoms with Crippen LogP contribution < -0.4 is 20.8 Å². The molecule has 0 aliphatic heterocycles. The molecule has 0 radical (unpaired) electrons. The number of aliphatic hydroxyl groups is 1. The van der Waals surface area contributed by atoms with Gasteiger partial charge in [-0.05, 0) is 48.4 Å². The molecule has 1 heterocycles. The van der Waals surface area contributed by atoms with Crippen LogP contribution in [-0.4, -0.2) is 65.0 Å². The normalized spacial score (nSPS) is 11.8. The highest BCUT2D eigenvalue weighted by molar-refractivity contribution is 7.90. The Labute approximate surface area is 332 Å². The second-order valence-corrected chi connectivity index (χ2v) is 15.3. The molecule has 0 fully saturated rings. The van der Waals surface area contributed by atoms with Gasteiger partial charge in [0, 0.05) is 31.5 Å². The Morgan fingerprint density at radius 1 is 0.821 bits per heavy atom. The Kier molecular flexibility index (Phi) is 17.0. The average molecular weight is 809 g/mol. The number of nitrogens with one attached hydrogen (secondary N) is 4. The van der Waals surface area contributed by atoms with Crippen LogP contribution >= 0.6 is 11.6 Å². The molecule has 4 aromatic rings. The number of amides is 4. The number of rotatable bonds is 22. The molecule has 14 nitrogen and oxygen atoms in total. The number of sulfonamides is 1. The Hall–Kier alpha value is -5.09. The minimum absolute atomic E-state index is 0.00557. The summed E-state index contributed by atoms with van der Waals surface area (Å²) in [4.78, 5) is 54.0. The molecule has 0 saturated carbocycles. The molecular weight excluding hydrogens is 760 g/mol. The number of aliphatic hydroxyl groups excluding tert-OH is 1. The number of aryl methyl sites for hydroxylation is 1. The molecule has 16 heteroatoms. The Bertz CT molecular complexity index is 2040. The van der Waals surface area contributed by atoms with Gasteiger partial charge in [0.05, 0.1) is 23.7 Å². The summed E-state index contributed by atoms with van der Waals surface area (Å²) in [5.74, 6) is -3.08. The maximum absolute atomic E-state index is 13.4. The smallest absolute Gasteiger partial charge is 0.264 e. The van der Waals surface area contributed by atoms with E-state index in [0.717, 1.165) is 30.7 Å². The molecule has 0 saturated heterocycles. The molecule has 0 spiro atoms. The van der Waals surface area contributed by atoms with Gasteiger partial charge < -0.3 is 20.3 Å². The maximum Gasteiger partial charge on any atom is 0.264 e. The minimum atomic E-state index is -4.18. The third-order valence-electron chi connectivity index (χ3n) is 9.14. The van der Waals surface area contributed by atoms with Gasteiger partial charge in [0.15, 0.2) is 5.15 Å². The lowest BCUT2D eigenvalue weighted by Gasteiger charge is -2.15. The SMILES string of the molecule is CCCCc1nc(Cl)c(CO)n1Cc1ccc(-c2ccccc2S(=O)(=O)NC(=O)CCCCCCNC(=O)CNC(=O)C(Cc2ccccc2)C(=O)NO)cc1. The molecule has 1 aromatic heterocycles. The maximum atomic E-state index is 13.4. The molecular formula is C40H49ClN6O8S. The first-order chi connectivity index (χ1) is 27.0. The lowest BCUT2D eigenvalue weighted by atomic mass is 9.98. The van der Waals surface area contributed by atoms with Crippen molar-refractivity contribution >= 4 is 45.3 Å². The quantitative estimate of drug-likeness (QED) is 0.0287. The highest BCUT2D eigenvalue weighted by Gasteiger charge is 2.27. The van der Waals surface area contributed by atoms with Gasteiger partial charge in [-0.25, -0.2) is 23.6 Å². The standard InChI is InChI=1S/C40H49ClN6O8S/c1-2-3-17-35-44-38(41)33(27-48)47(35)26-29-19-21-30(22-20-29)31-15-10-11-16-34(31)56(54,55)46-36(49)18-9-4-5-12-23-42-37(50)25-43-39(51)32(40(52)45-53)24-28-13-7-6-8-14-28/h6-8,10-11,13-16,19-22,32,48,53H,2-5,9,12,17-18,23-27H2,1H3,(H,42,50)(H,43,51)(H,45,52)(H,46,49). The predicted molar refractivity (Wildman–Crippen MR) is 211 cm³/mol. The average Bonchev–Trinajstić information content (AvgIpc) is 3.50. The van der Waals surface area contributed by atoms with E-state index in [9.17, 15) is 32.7 Å². The molecule has 56 heavy (non-hydrogen) atoms. The number of halogens is 1. The van der Waals surface area contributed by atoms with Crippen LogP contribution in [0.4, 0.5) is 0 Å². The summed E-state index contributed by atoms with van der Waals surface area (Å²) >= 11 is 6.29. The van der Waals surface area contributed by atoms with Crippen molar-refractivity contribution in [3.8, 4) is 11.1 Å². The van der Waals surface area contributed by atoms with E-state index in [1.165, 1.54) is 11.5 Å². The second kappa shape index (κ2) is 21.9. The molecule has 3 aromatic carbocycles. The van der Waals surface area contributed by atoms with E-state index in [0.29, 0.717) is 61.2 Å². The molecule has 300 valence electrons. The van der Waals surface area contributed by atoms with Crippen molar-refractivity contribution in [1.29, 1.82) is 0 Å². The Morgan fingerprint density at radius 2 is 1.52 bits per heavy atom. The van der Waals surface area contributed by atoms with Gasteiger partial charge >= 0.3 is 0 Å². The van der Waals surface area contributed by atoms with Crippen LogP contribution in [0.15, 0.2) is 83.8 Å². The number of hydrogen-bond donors (Lipinski definition) is 6.